The number of pyridine rings is 2. The summed E-state index contributed by atoms with van der Waals surface area (Å²) in [4.78, 5) is 33.1. The standard InChI is InChI=1S/C29H26N6O/c1-18-10-14-34(15-11-18)24(36)17-35-16-22(19-6-2-3-9-23(19)35)29-32-27-20-7-4-12-30-25(20)26-21(28(27)33-29)8-5-13-31-26/h2-9,12-13,16,18H,10-11,14-15,17H2,1H3,(H,32,33). The van der Waals surface area contributed by atoms with Gasteiger partial charge in [0.25, 0.3) is 0 Å². The second-order valence-corrected chi connectivity index (χ2v) is 9.86. The summed E-state index contributed by atoms with van der Waals surface area (Å²) in [6, 6.07) is 16.2. The number of piperidine rings is 1. The van der Waals surface area contributed by atoms with Gasteiger partial charge in [0.1, 0.15) is 12.4 Å². The highest BCUT2D eigenvalue weighted by molar-refractivity contribution is 6.21. The molecule has 1 N–H and O–H groups in total. The summed E-state index contributed by atoms with van der Waals surface area (Å²) in [5.41, 5.74) is 5.55. The van der Waals surface area contributed by atoms with E-state index < -0.39 is 0 Å². The lowest BCUT2D eigenvalue weighted by Crippen LogP contribution is -2.39. The van der Waals surface area contributed by atoms with Crippen LogP contribution in [-0.2, 0) is 11.3 Å². The van der Waals surface area contributed by atoms with Crippen molar-refractivity contribution in [3.63, 3.8) is 0 Å². The molecule has 0 atom stereocenters. The first-order chi connectivity index (χ1) is 17.7. The second kappa shape index (κ2) is 8.16. The molecule has 0 aliphatic carbocycles. The molecule has 1 aliphatic heterocycles. The molecule has 178 valence electrons. The highest BCUT2D eigenvalue weighted by Crippen LogP contribution is 2.35. The Labute approximate surface area is 207 Å². The maximum absolute atomic E-state index is 13.2. The lowest BCUT2D eigenvalue weighted by molar-refractivity contribution is -0.133. The van der Waals surface area contributed by atoms with Gasteiger partial charge in [0, 0.05) is 58.9 Å². The Balaban J connectivity index is 1.37. The summed E-state index contributed by atoms with van der Waals surface area (Å²) in [6.07, 6.45) is 7.81. The molecule has 4 aromatic heterocycles. The van der Waals surface area contributed by atoms with E-state index in [9.17, 15) is 4.79 Å². The Kier molecular flexibility index (Phi) is 4.77. The molecule has 1 aliphatic rings. The number of aromatic nitrogens is 5. The van der Waals surface area contributed by atoms with Crippen LogP contribution in [0.15, 0.2) is 67.1 Å². The number of rotatable bonds is 3. The van der Waals surface area contributed by atoms with E-state index in [4.69, 9.17) is 4.98 Å². The van der Waals surface area contributed by atoms with Gasteiger partial charge in [-0.25, -0.2) is 4.98 Å². The molecule has 0 bridgehead atoms. The number of aromatic amines is 1. The third-order valence-electron chi connectivity index (χ3n) is 7.55. The summed E-state index contributed by atoms with van der Waals surface area (Å²) >= 11 is 0. The normalized spacial score (nSPS) is 15.0. The van der Waals surface area contributed by atoms with Gasteiger partial charge in [-0.05, 0) is 49.1 Å². The summed E-state index contributed by atoms with van der Waals surface area (Å²) in [5.74, 6) is 1.65. The zero-order chi connectivity index (χ0) is 24.2. The van der Waals surface area contributed by atoms with E-state index >= 15 is 0 Å². The zero-order valence-electron chi connectivity index (χ0n) is 20.1. The summed E-state index contributed by atoms with van der Waals surface area (Å²) < 4.78 is 2.07. The van der Waals surface area contributed by atoms with Crippen LogP contribution in [-0.4, -0.2) is 48.4 Å². The van der Waals surface area contributed by atoms with Crippen molar-refractivity contribution in [2.24, 2.45) is 5.92 Å². The number of likely N-dealkylation sites (tertiary alicyclic amines) is 1. The molecular formula is C29H26N6O. The number of fused-ring (bicyclic) bond motifs is 7. The van der Waals surface area contributed by atoms with Crippen LogP contribution < -0.4 is 0 Å². The van der Waals surface area contributed by atoms with Crippen molar-refractivity contribution in [1.82, 2.24) is 29.4 Å². The van der Waals surface area contributed by atoms with Gasteiger partial charge >= 0.3 is 0 Å². The molecule has 0 radical (unpaired) electrons. The minimum atomic E-state index is 0.174. The maximum atomic E-state index is 13.2. The van der Waals surface area contributed by atoms with Gasteiger partial charge in [-0.2, -0.15) is 0 Å². The Hall–Kier alpha value is -4.26. The number of nitrogens with zero attached hydrogens (tertiary/aromatic N) is 5. The van der Waals surface area contributed by atoms with Crippen molar-refractivity contribution in [2.75, 3.05) is 13.1 Å². The average Bonchev–Trinajstić information content (AvgIpc) is 3.52. The van der Waals surface area contributed by atoms with Crippen LogP contribution in [0.2, 0.25) is 0 Å². The molecule has 1 fully saturated rings. The van der Waals surface area contributed by atoms with Crippen LogP contribution in [0.25, 0.3) is 55.1 Å². The Bertz CT molecular complexity index is 1700. The molecule has 5 heterocycles. The molecular weight excluding hydrogens is 448 g/mol. The van der Waals surface area contributed by atoms with Gasteiger partial charge in [0.15, 0.2) is 0 Å². The van der Waals surface area contributed by atoms with Crippen LogP contribution in [0.5, 0.6) is 0 Å². The van der Waals surface area contributed by atoms with Crippen LogP contribution in [0.1, 0.15) is 19.8 Å². The van der Waals surface area contributed by atoms with Crippen molar-refractivity contribution in [2.45, 2.75) is 26.3 Å². The fourth-order valence-corrected chi connectivity index (χ4v) is 5.54. The van der Waals surface area contributed by atoms with Gasteiger partial charge < -0.3 is 14.5 Å². The fraction of sp³-hybridized carbons (Fsp3) is 0.241. The predicted molar refractivity (Wildman–Crippen MR) is 143 cm³/mol. The summed E-state index contributed by atoms with van der Waals surface area (Å²) in [6.45, 7) is 4.28. The number of benzene rings is 2. The third-order valence-corrected chi connectivity index (χ3v) is 7.55. The van der Waals surface area contributed by atoms with Crippen molar-refractivity contribution in [3.05, 3.63) is 67.1 Å². The van der Waals surface area contributed by atoms with E-state index in [1.807, 2.05) is 35.2 Å². The van der Waals surface area contributed by atoms with E-state index in [2.05, 4.69) is 50.8 Å². The summed E-state index contributed by atoms with van der Waals surface area (Å²) in [7, 11) is 0. The molecule has 0 unspecified atom stereocenters. The molecule has 1 saturated heterocycles. The largest absolute Gasteiger partial charge is 0.341 e. The second-order valence-electron chi connectivity index (χ2n) is 9.86. The first-order valence-electron chi connectivity index (χ1n) is 12.5. The van der Waals surface area contributed by atoms with E-state index in [0.717, 1.165) is 81.1 Å². The van der Waals surface area contributed by atoms with Crippen molar-refractivity contribution < 1.29 is 4.79 Å². The first kappa shape index (κ1) is 21.1. The molecule has 7 rings (SSSR count). The minimum absolute atomic E-state index is 0.174. The molecule has 0 spiro atoms. The third kappa shape index (κ3) is 3.26. The number of carbonyl (C=O) groups excluding carboxylic acids is 1. The average molecular weight is 475 g/mol. The lowest BCUT2D eigenvalue weighted by Gasteiger charge is -2.30. The van der Waals surface area contributed by atoms with Gasteiger partial charge in [-0.3, -0.25) is 14.8 Å². The minimum Gasteiger partial charge on any atom is -0.341 e. The molecule has 1 amide bonds. The first-order valence-corrected chi connectivity index (χ1v) is 12.5. The molecule has 0 saturated carbocycles. The van der Waals surface area contributed by atoms with E-state index in [1.165, 1.54) is 0 Å². The lowest BCUT2D eigenvalue weighted by atomic mass is 9.99. The van der Waals surface area contributed by atoms with Gasteiger partial charge in [-0.1, -0.05) is 25.1 Å². The van der Waals surface area contributed by atoms with Crippen LogP contribution in [0.4, 0.5) is 0 Å². The number of nitrogens with one attached hydrogen (secondary N) is 1. The Morgan fingerprint density at radius 2 is 1.61 bits per heavy atom. The number of amides is 1. The Morgan fingerprint density at radius 3 is 2.42 bits per heavy atom. The molecule has 7 heteroatoms. The smallest absolute Gasteiger partial charge is 0.242 e. The van der Waals surface area contributed by atoms with E-state index in [-0.39, 0.29) is 5.91 Å². The maximum Gasteiger partial charge on any atom is 0.242 e. The molecule has 6 aromatic rings. The number of hydrogen-bond acceptors (Lipinski definition) is 4. The number of para-hydroxylation sites is 1. The van der Waals surface area contributed by atoms with Crippen LogP contribution in [0.3, 0.4) is 0 Å². The highest BCUT2D eigenvalue weighted by atomic mass is 16.2. The Morgan fingerprint density at radius 1 is 0.917 bits per heavy atom. The number of imidazole rings is 1. The molecule has 7 nitrogen and oxygen atoms in total. The SMILES string of the molecule is CC1CCN(C(=O)Cn2cc(-c3nc4c5cccnc5c5ncccc5c4[nH]3)c3ccccc32)CC1. The number of H-pyrrole nitrogens is 1. The summed E-state index contributed by atoms with van der Waals surface area (Å²) in [5, 5.41) is 3.04. The van der Waals surface area contributed by atoms with E-state index in [0.29, 0.717) is 12.5 Å². The number of hydrogen-bond donors (Lipinski definition) is 1. The fourth-order valence-electron chi connectivity index (χ4n) is 5.54. The monoisotopic (exact) mass is 474 g/mol. The van der Waals surface area contributed by atoms with Crippen molar-refractivity contribution in [3.8, 4) is 11.4 Å². The van der Waals surface area contributed by atoms with E-state index in [1.54, 1.807) is 12.4 Å². The van der Waals surface area contributed by atoms with Crippen molar-refractivity contribution >= 4 is 49.6 Å². The van der Waals surface area contributed by atoms with Crippen molar-refractivity contribution in [1.29, 1.82) is 0 Å². The van der Waals surface area contributed by atoms with Crippen LogP contribution >= 0.6 is 0 Å². The molecule has 36 heavy (non-hydrogen) atoms. The van der Waals surface area contributed by atoms with Gasteiger partial charge in [0.2, 0.25) is 5.91 Å². The topological polar surface area (TPSA) is 79.7 Å². The quantitative estimate of drug-likeness (QED) is 0.342. The highest BCUT2D eigenvalue weighted by Gasteiger charge is 2.22. The van der Waals surface area contributed by atoms with Crippen LogP contribution in [0, 0.1) is 5.92 Å². The predicted octanol–water partition coefficient (Wildman–Crippen LogP) is 5.54. The number of carbonyl (C=O) groups is 1. The zero-order valence-corrected chi connectivity index (χ0v) is 20.1. The van der Waals surface area contributed by atoms with Gasteiger partial charge in [-0.15, -0.1) is 0 Å². The van der Waals surface area contributed by atoms with Gasteiger partial charge in [0.05, 0.1) is 22.1 Å². The molecule has 2 aromatic carbocycles.